The number of imide groups is 1. The molecule has 2 aliphatic rings. The molecule has 0 bridgehead atoms. The number of nitrogens with zero attached hydrogens (tertiary/aromatic N) is 2. The topological polar surface area (TPSA) is 40.6 Å². The number of carbonyl (C=O) groups is 2. The number of benzene rings is 1. The molecule has 1 fully saturated rings. The van der Waals surface area contributed by atoms with Gasteiger partial charge in [-0.15, -0.1) is 0 Å². The first-order valence-electron chi connectivity index (χ1n) is 7.38. The Morgan fingerprint density at radius 2 is 1.96 bits per heavy atom. The summed E-state index contributed by atoms with van der Waals surface area (Å²) < 4.78 is 13.3. The van der Waals surface area contributed by atoms with Crippen molar-refractivity contribution in [1.29, 1.82) is 0 Å². The molecule has 1 aromatic rings. The van der Waals surface area contributed by atoms with Gasteiger partial charge in [-0.05, 0) is 37.0 Å². The van der Waals surface area contributed by atoms with Crippen molar-refractivity contribution in [2.45, 2.75) is 19.8 Å². The number of carbonyl (C=O) groups excluding carboxylic acids is 2. The standard InChI is InChI=1S/C16H15Cl2FN2O2/c1-9-3-2-6-20(8-9)14-13(18)15(22)21(16(14)23)10-4-5-12(19)11(17)7-10/h4-5,7,9H,2-3,6,8H2,1H3. The van der Waals surface area contributed by atoms with Crippen LogP contribution >= 0.6 is 23.2 Å². The van der Waals surface area contributed by atoms with Gasteiger partial charge in [0, 0.05) is 13.1 Å². The van der Waals surface area contributed by atoms with Crippen LogP contribution in [0.15, 0.2) is 28.9 Å². The Balaban J connectivity index is 1.93. The molecule has 0 aliphatic carbocycles. The second-order valence-electron chi connectivity index (χ2n) is 5.90. The highest BCUT2D eigenvalue weighted by Gasteiger charge is 2.42. The lowest BCUT2D eigenvalue weighted by molar-refractivity contribution is -0.121. The van der Waals surface area contributed by atoms with Crippen LogP contribution in [0.5, 0.6) is 0 Å². The average Bonchev–Trinajstić information content (AvgIpc) is 2.72. The molecule has 23 heavy (non-hydrogen) atoms. The zero-order valence-corrected chi connectivity index (χ0v) is 14.0. The summed E-state index contributed by atoms with van der Waals surface area (Å²) in [5, 5.41) is -0.246. The summed E-state index contributed by atoms with van der Waals surface area (Å²) >= 11 is 11.9. The fourth-order valence-electron chi connectivity index (χ4n) is 3.02. The molecule has 2 heterocycles. The number of halogens is 3. The van der Waals surface area contributed by atoms with Crippen molar-refractivity contribution in [2.75, 3.05) is 18.0 Å². The molecule has 0 radical (unpaired) electrons. The molecule has 4 nitrogen and oxygen atoms in total. The molecule has 1 aromatic carbocycles. The molecule has 1 atom stereocenters. The third kappa shape index (κ3) is 2.83. The van der Waals surface area contributed by atoms with E-state index in [0.29, 0.717) is 19.0 Å². The van der Waals surface area contributed by atoms with E-state index in [2.05, 4.69) is 6.92 Å². The van der Waals surface area contributed by atoms with Gasteiger partial charge in [0.05, 0.1) is 10.7 Å². The third-order valence-electron chi connectivity index (χ3n) is 4.14. The summed E-state index contributed by atoms with van der Waals surface area (Å²) in [5.74, 6) is -1.28. The van der Waals surface area contributed by atoms with Crippen molar-refractivity contribution in [3.05, 3.63) is 39.8 Å². The predicted octanol–water partition coefficient (Wildman–Crippen LogP) is 3.53. The third-order valence-corrected chi connectivity index (χ3v) is 4.77. The molecule has 2 aliphatic heterocycles. The van der Waals surface area contributed by atoms with Gasteiger partial charge in [-0.2, -0.15) is 0 Å². The number of rotatable bonds is 2. The predicted molar refractivity (Wildman–Crippen MR) is 86.8 cm³/mol. The molecule has 3 rings (SSSR count). The zero-order chi connectivity index (χ0) is 16.7. The molecular weight excluding hydrogens is 342 g/mol. The summed E-state index contributed by atoms with van der Waals surface area (Å²) in [5.41, 5.74) is 0.438. The molecule has 7 heteroatoms. The van der Waals surface area contributed by atoms with E-state index in [1.165, 1.54) is 12.1 Å². The van der Waals surface area contributed by atoms with E-state index < -0.39 is 17.6 Å². The number of piperidine rings is 1. The van der Waals surface area contributed by atoms with E-state index in [0.717, 1.165) is 23.8 Å². The summed E-state index contributed by atoms with van der Waals surface area (Å²) in [4.78, 5) is 27.9. The molecule has 0 aromatic heterocycles. The van der Waals surface area contributed by atoms with Crippen LogP contribution in [0, 0.1) is 11.7 Å². The van der Waals surface area contributed by atoms with E-state index >= 15 is 0 Å². The Morgan fingerprint density at radius 3 is 2.61 bits per heavy atom. The normalized spacial score (nSPS) is 22.3. The molecule has 2 amide bonds. The van der Waals surface area contributed by atoms with Gasteiger partial charge in [0.2, 0.25) is 0 Å². The van der Waals surface area contributed by atoms with Crippen LogP contribution in [0.2, 0.25) is 5.02 Å². The smallest absolute Gasteiger partial charge is 0.283 e. The van der Waals surface area contributed by atoms with Crippen molar-refractivity contribution in [1.82, 2.24) is 4.90 Å². The molecule has 1 unspecified atom stereocenters. The molecule has 0 N–H and O–H groups in total. The van der Waals surface area contributed by atoms with Gasteiger partial charge in [-0.3, -0.25) is 9.59 Å². The Labute approximate surface area is 143 Å². The lowest BCUT2D eigenvalue weighted by Crippen LogP contribution is -2.39. The Hall–Kier alpha value is -1.59. The van der Waals surface area contributed by atoms with Gasteiger partial charge >= 0.3 is 0 Å². The minimum absolute atomic E-state index is 0.0930. The highest BCUT2D eigenvalue weighted by atomic mass is 35.5. The number of likely N-dealkylation sites (tertiary alicyclic amines) is 1. The van der Waals surface area contributed by atoms with Gasteiger partial charge in [0.1, 0.15) is 16.5 Å². The van der Waals surface area contributed by atoms with Crippen molar-refractivity contribution < 1.29 is 14.0 Å². The maximum Gasteiger partial charge on any atom is 0.283 e. The Bertz CT molecular complexity index is 720. The highest BCUT2D eigenvalue weighted by Crippen LogP contribution is 2.34. The molecule has 0 saturated carbocycles. The van der Waals surface area contributed by atoms with Gasteiger partial charge < -0.3 is 4.90 Å². The summed E-state index contributed by atoms with van der Waals surface area (Å²) in [6.45, 7) is 3.47. The van der Waals surface area contributed by atoms with Crippen molar-refractivity contribution in [2.24, 2.45) is 5.92 Å². The Morgan fingerprint density at radius 1 is 1.22 bits per heavy atom. The number of amides is 2. The largest absolute Gasteiger partial charge is 0.365 e. The van der Waals surface area contributed by atoms with Crippen LogP contribution in [-0.4, -0.2) is 29.8 Å². The van der Waals surface area contributed by atoms with Crippen molar-refractivity contribution in [3.63, 3.8) is 0 Å². The Kier molecular flexibility index (Phi) is 4.34. The van der Waals surface area contributed by atoms with E-state index in [4.69, 9.17) is 23.2 Å². The number of hydrogen-bond donors (Lipinski definition) is 0. The SMILES string of the molecule is CC1CCCN(C2=C(Cl)C(=O)N(c3ccc(F)c(Cl)c3)C2=O)C1. The van der Waals surface area contributed by atoms with Crippen molar-refractivity contribution >= 4 is 40.7 Å². The molecule has 122 valence electrons. The maximum atomic E-state index is 13.3. The first kappa shape index (κ1) is 16.3. The van der Waals surface area contributed by atoms with Crippen LogP contribution in [0.1, 0.15) is 19.8 Å². The van der Waals surface area contributed by atoms with E-state index in [9.17, 15) is 14.0 Å². The average molecular weight is 357 g/mol. The van der Waals surface area contributed by atoms with Gasteiger partial charge in [0.15, 0.2) is 0 Å². The van der Waals surface area contributed by atoms with E-state index in [-0.39, 0.29) is 21.4 Å². The van der Waals surface area contributed by atoms with Crippen LogP contribution in [0.4, 0.5) is 10.1 Å². The minimum atomic E-state index is -0.612. The summed E-state index contributed by atoms with van der Waals surface area (Å²) in [6.07, 6.45) is 2.03. The van der Waals surface area contributed by atoms with Crippen LogP contribution < -0.4 is 4.90 Å². The molecule has 0 spiro atoms. The first-order chi connectivity index (χ1) is 10.9. The minimum Gasteiger partial charge on any atom is -0.365 e. The van der Waals surface area contributed by atoms with Crippen molar-refractivity contribution in [3.8, 4) is 0 Å². The van der Waals surface area contributed by atoms with Gasteiger partial charge in [-0.25, -0.2) is 9.29 Å². The zero-order valence-electron chi connectivity index (χ0n) is 12.5. The van der Waals surface area contributed by atoms with Crippen LogP contribution in [-0.2, 0) is 9.59 Å². The second-order valence-corrected chi connectivity index (χ2v) is 6.69. The van der Waals surface area contributed by atoms with Crippen LogP contribution in [0.25, 0.3) is 0 Å². The first-order valence-corrected chi connectivity index (χ1v) is 8.14. The fraction of sp³-hybridized carbons (Fsp3) is 0.375. The van der Waals surface area contributed by atoms with E-state index in [1.54, 1.807) is 0 Å². The second kappa shape index (κ2) is 6.13. The van der Waals surface area contributed by atoms with Gasteiger partial charge in [-0.1, -0.05) is 30.1 Å². The van der Waals surface area contributed by atoms with Crippen LogP contribution in [0.3, 0.4) is 0 Å². The summed E-state index contributed by atoms with van der Waals surface area (Å²) in [6, 6.07) is 3.70. The fourth-order valence-corrected chi connectivity index (χ4v) is 3.48. The highest BCUT2D eigenvalue weighted by molar-refractivity contribution is 6.52. The monoisotopic (exact) mass is 356 g/mol. The van der Waals surface area contributed by atoms with E-state index in [1.807, 2.05) is 4.90 Å². The maximum absolute atomic E-state index is 13.3. The number of hydrogen-bond acceptors (Lipinski definition) is 3. The quantitative estimate of drug-likeness (QED) is 0.761. The summed E-state index contributed by atoms with van der Waals surface area (Å²) in [7, 11) is 0. The number of anilines is 1. The molecule has 1 saturated heterocycles. The van der Waals surface area contributed by atoms with Gasteiger partial charge in [0.25, 0.3) is 11.8 Å². The molecular formula is C16H15Cl2FN2O2. The lowest BCUT2D eigenvalue weighted by atomic mass is 10.00. The lowest BCUT2D eigenvalue weighted by Gasteiger charge is -2.33.